The summed E-state index contributed by atoms with van der Waals surface area (Å²) in [5, 5.41) is 2.07. The van der Waals surface area contributed by atoms with Gasteiger partial charge in [-0.05, 0) is 29.9 Å². The first-order valence-electron chi connectivity index (χ1n) is 4.56. The van der Waals surface area contributed by atoms with E-state index >= 15 is 0 Å². The van der Waals surface area contributed by atoms with Crippen molar-refractivity contribution >= 4 is 22.9 Å². The van der Waals surface area contributed by atoms with Crippen LogP contribution in [0.4, 0.5) is 0 Å². The lowest BCUT2D eigenvalue weighted by atomic mass is 10.1. The minimum Gasteiger partial charge on any atom is -0.132 e. The third-order valence-corrected chi connectivity index (χ3v) is 3.24. The van der Waals surface area contributed by atoms with Crippen LogP contribution in [0, 0.1) is 0 Å². The summed E-state index contributed by atoms with van der Waals surface area (Å²) in [6, 6.07) is 2.14. The van der Waals surface area contributed by atoms with Gasteiger partial charge >= 0.3 is 0 Å². The van der Waals surface area contributed by atoms with Gasteiger partial charge in [0.15, 0.2) is 0 Å². The molecule has 0 aromatic carbocycles. The van der Waals surface area contributed by atoms with Crippen LogP contribution in [0.15, 0.2) is 11.4 Å². The maximum absolute atomic E-state index is 5.97. The molecule has 0 fully saturated rings. The molecular weight excluding hydrogens is 188 g/mol. The van der Waals surface area contributed by atoms with E-state index < -0.39 is 0 Å². The van der Waals surface area contributed by atoms with Crippen molar-refractivity contribution in [1.82, 2.24) is 0 Å². The third-order valence-electron chi connectivity index (χ3n) is 1.99. The average Bonchev–Trinajstić information content (AvgIpc) is 2.46. The normalized spacial score (nSPS) is 10.5. The zero-order valence-corrected chi connectivity index (χ0v) is 9.05. The number of halogens is 1. The Bertz CT molecular complexity index is 217. The lowest BCUT2D eigenvalue weighted by molar-refractivity contribution is 0.667. The molecule has 2 heteroatoms. The predicted molar refractivity (Wildman–Crippen MR) is 57.2 cm³/mol. The molecule has 0 amide bonds. The first-order valence-corrected chi connectivity index (χ1v) is 5.82. The van der Waals surface area contributed by atoms with Crippen molar-refractivity contribution in [2.75, 3.05) is 0 Å². The molecule has 1 heterocycles. The first kappa shape index (κ1) is 10.1. The van der Waals surface area contributed by atoms with Crippen LogP contribution in [0.3, 0.4) is 0 Å². The minimum atomic E-state index is 0.978. The van der Waals surface area contributed by atoms with E-state index in [2.05, 4.69) is 18.4 Å². The quantitative estimate of drug-likeness (QED) is 0.616. The Balaban J connectivity index is 2.20. The molecule has 0 spiro atoms. The summed E-state index contributed by atoms with van der Waals surface area (Å²) in [6.07, 6.45) is 6.43. The Morgan fingerprint density at radius 2 is 2.17 bits per heavy atom. The zero-order valence-electron chi connectivity index (χ0n) is 7.48. The van der Waals surface area contributed by atoms with Crippen molar-refractivity contribution in [1.29, 1.82) is 0 Å². The molecule has 1 rings (SSSR count). The average molecular weight is 203 g/mol. The van der Waals surface area contributed by atoms with Gasteiger partial charge in [-0.15, -0.1) is 11.3 Å². The highest BCUT2D eigenvalue weighted by Gasteiger charge is 1.99. The fourth-order valence-electron chi connectivity index (χ4n) is 1.24. The molecule has 0 atom stereocenters. The van der Waals surface area contributed by atoms with Crippen LogP contribution in [0.25, 0.3) is 0 Å². The Labute approximate surface area is 83.6 Å². The van der Waals surface area contributed by atoms with Crippen LogP contribution in [0.2, 0.25) is 4.34 Å². The summed E-state index contributed by atoms with van der Waals surface area (Å²) in [5.41, 5.74) is 1.33. The number of unbranched alkanes of at least 4 members (excludes halogenated alkanes) is 3. The van der Waals surface area contributed by atoms with Gasteiger partial charge in [-0.2, -0.15) is 0 Å². The number of thiophene rings is 1. The van der Waals surface area contributed by atoms with E-state index in [1.165, 1.54) is 31.2 Å². The predicted octanol–water partition coefficient (Wildman–Crippen LogP) is 4.52. The summed E-state index contributed by atoms with van der Waals surface area (Å²) in [4.78, 5) is 0. The van der Waals surface area contributed by atoms with E-state index in [-0.39, 0.29) is 0 Å². The molecule has 0 aliphatic carbocycles. The van der Waals surface area contributed by atoms with Gasteiger partial charge < -0.3 is 0 Å². The SMILES string of the molecule is CCCCCCc1ccsc1Cl. The van der Waals surface area contributed by atoms with Crippen molar-refractivity contribution < 1.29 is 0 Å². The Hall–Kier alpha value is -0.0100. The highest BCUT2D eigenvalue weighted by molar-refractivity contribution is 7.14. The highest BCUT2D eigenvalue weighted by atomic mass is 35.5. The van der Waals surface area contributed by atoms with Crippen LogP contribution < -0.4 is 0 Å². The van der Waals surface area contributed by atoms with Gasteiger partial charge in [0.25, 0.3) is 0 Å². The molecule has 0 saturated heterocycles. The minimum absolute atomic E-state index is 0.978. The summed E-state index contributed by atoms with van der Waals surface area (Å²) in [7, 11) is 0. The summed E-state index contributed by atoms with van der Waals surface area (Å²) in [5.74, 6) is 0. The van der Waals surface area contributed by atoms with Gasteiger partial charge in [-0.25, -0.2) is 0 Å². The second-order valence-electron chi connectivity index (χ2n) is 3.03. The molecule has 0 radical (unpaired) electrons. The Kier molecular flexibility index (Phi) is 4.70. The zero-order chi connectivity index (χ0) is 8.81. The van der Waals surface area contributed by atoms with E-state index in [9.17, 15) is 0 Å². The van der Waals surface area contributed by atoms with Gasteiger partial charge in [0.1, 0.15) is 0 Å². The smallest absolute Gasteiger partial charge is 0.0960 e. The maximum atomic E-state index is 5.97. The van der Waals surface area contributed by atoms with Crippen LogP contribution in [-0.2, 0) is 6.42 Å². The van der Waals surface area contributed by atoms with Gasteiger partial charge in [-0.1, -0.05) is 37.8 Å². The number of rotatable bonds is 5. The summed E-state index contributed by atoms with van der Waals surface area (Å²) in [6.45, 7) is 2.23. The molecule has 12 heavy (non-hydrogen) atoms. The van der Waals surface area contributed by atoms with Crippen molar-refractivity contribution in [3.8, 4) is 0 Å². The maximum Gasteiger partial charge on any atom is 0.0960 e. The molecule has 0 N–H and O–H groups in total. The van der Waals surface area contributed by atoms with E-state index in [0.717, 1.165) is 10.8 Å². The number of hydrogen-bond acceptors (Lipinski definition) is 1. The van der Waals surface area contributed by atoms with Gasteiger partial charge in [-0.3, -0.25) is 0 Å². The third kappa shape index (κ3) is 3.16. The van der Waals surface area contributed by atoms with Crippen molar-refractivity contribution in [3.05, 3.63) is 21.3 Å². The molecule has 0 aliphatic heterocycles. The van der Waals surface area contributed by atoms with E-state index in [1.807, 2.05) is 0 Å². The molecule has 0 saturated carbocycles. The first-order chi connectivity index (χ1) is 5.84. The standard InChI is InChI=1S/C10H15ClS/c1-2-3-4-5-6-9-7-8-12-10(9)11/h7-8H,2-6H2,1H3. The monoisotopic (exact) mass is 202 g/mol. The molecule has 0 unspecified atom stereocenters. The number of hydrogen-bond donors (Lipinski definition) is 0. The largest absolute Gasteiger partial charge is 0.132 e. The van der Waals surface area contributed by atoms with Crippen LogP contribution in [0.1, 0.15) is 38.2 Å². The molecule has 0 aliphatic rings. The molecular formula is C10H15ClS. The van der Waals surface area contributed by atoms with Crippen molar-refractivity contribution in [2.45, 2.75) is 39.0 Å². The molecule has 68 valence electrons. The van der Waals surface area contributed by atoms with Crippen LogP contribution in [-0.4, -0.2) is 0 Å². The lowest BCUT2D eigenvalue weighted by Gasteiger charge is -1.97. The molecule has 0 nitrogen and oxygen atoms in total. The van der Waals surface area contributed by atoms with Crippen LogP contribution in [0.5, 0.6) is 0 Å². The van der Waals surface area contributed by atoms with Gasteiger partial charge in [0, 0.05) is 0 Å². The van der Waals surface area contributed by atoms with Gasteiger partial charge in [0.2, 0.25) is 0 Å². The van der Waals surface area contributed by atoms with Crippen molar-refractivity contribution in [3.63, 3.8) is 0 Å². The molecule has 0 bridgehead atoms. The van der Waals surface area contributed by atoms with Gasteiger partial charge in [0.05, 0.1) is 4.34 Å². The van der Waals surface area contributed by atoms with Crippen LogP contribution >= 0.6 is 22.9 Å². The Morgan fingerprint density at radius 1 is 1.33 bits per heavy atom. The second kappa shape index (κ2) is 5.60. The topological polar surface area (TPSA) is 0 Å². The fourth-order valence-corrected chi connectivity index (χ4v) is 2.23. The van der Waals surface area contributed by atoms with E-state index in [4.69, 9.17) is 11.6 Å². The Morgan fingerprint density at radius 3 is 2.75 bits per heavy atom. The highest BCUT2D eigenvalue weighted by Crippen LogP contribution is 2.24. The van der Waals surface area contributed by atoms with E-state index in [0.29, 0.717) is 0 Å². The molecule has 1 aromatic heterocycles. The fraction of sp³-hybridized carbons (Fsp3) is 0.600. The molecule has 1 aromatic rings. The van der Waals surface area contributed by atoms with Crippen molar-refractivity contribution in [2.24, 2.45) is 0 Å². The lowest BCUT2D eigenvalue weighted by Crippen LogP contribution is -1.82. The number of aryl methyl sites for hydroxylation is 1. The second-order valence-corrected chi connectivity index (χ2v) is 4.55. The van der Waals surface area contributed by atoms with E-state index in [1.54, 1.807) is 11.3 Å². The summed E-state index contributed by atoms with van der Waals surface area (Å²) >= 11 is 7.60. The summed E-state index contributed by atoms with van der Waals surface area (Å²) < 4.78 is 0.978.